The van der Waals surface area contributed by atoms with E-state index in [-0.39, 0.29) is 16.9 Å². The Morgan fingerprint density at radius 3 is 2.33 bits per heavy atom. The van der Waals surface area contributed by atoms with E-state index < -0.39 is 5.82 Å². The van der Waals surface area contributed by atoms with E-state index >= 15 is 0 Å². The third-order valence-electron chi connectivity index (χ3n) is 4.35. The zero-order valence-corrected chi connectivity index (χ0v) is 15.5. The summed E-state index contributed by atoms with van der Waals surface area (Å²) in [5, 5.41) is 9.43. The van der Waals surface area contributed by atoms with Crippen LogP contribution < -0.4 is 4.74 Å². The maximum absolute atomic E-state index is 14.0. The quantitative estimate of drug-likeness (QED) is 0.573. The molecule has 0 atom stereocenters. The number of para-hydroxylation sites is 1. The second-order valence-corrected chi connectivity index (χ2v) is 7.10. The first kappa shape index (κ1) is 18.9. The number of phenolic OH excluding ortho intramolecular Hbond substituents is 1. The fourth-order valence-corrected chi connectivity index (χ4v) is 2.75. The normalized spacial score (nSPS) is 11.4. The van der Waals surface area contributed by atoms with Crippen LogP contribution in [-0.2, 0) is 16.8 Å². The predicted octanol–water partition coefficient (Wildman–Crippen LogP) is 5.82. The number of rotatable bonds is 7. The molecule has 0 fully saturated rings. The van der Waals surface area contributed by atoms with Gasteiger partial charge in [0, 0.05) is 5.41 Å². The second-order valence-electron chi connectivity index (χ2n) is 7.10. The van der Waals surface area contributed by atoms with E-state index in [2.05, 4.69) is 13.8 Å². The molecule has 3 nitrogen and oxygen atoms in total. The van der Waals surface area contributed by atoms with Gasteiger partial charge in [0.2, 0.25) is 0 Å². The minimum Gasteiger partial charge on any atom is -0.508 e. The van der Waals surface area contributed by atoms with E-state index in [4.69, 9.17) is 9.47 Å². The molecule has 3 aromatic carbocycles. The Labute approximate surface area is 159 Å². The molecule has 0 aliphatic heterocycles. The molecule has 0 spiro atoms. The molecule has 0 saturated carbocycles. The number of hydrogen-bond acceptors (Lipinski definition) is 3. The molecule has 0 aliphatic carbocycles. The molecule has 3 rings (SSSR count). The summed E-state index contributed by atoms with van der Waals surface area (Å²) in [6.07, 6.45) is 0. The smallest absolute Gasteiger partial charge is 0.165 e. The van der Waals surface area contributed by atoms with Gasteiger partial charge in [-0.25, -0.2) is 4.39 Å². The average Bonchev–Trinajstić information content (AvgIpc) is 2.65. The lowest BCUT2D eigenvalue weighted by Gasteiger charge is -2.25. The molecule has 0 heterocycles. The summed E-state index contributed by atoms with van der Waals surface area (Å²) in [4.78, 5) is 0. The average molecular weight is 366 g/mol. The lowest BCUT2D eigenvalue weighted by atomic mass is 9.85. The fraction of sp³-hybridized carbons (Fsp3) is 0.217. The summed E-state index contributed by atoms with van der Waals surface area (Å²) in [7, 11) is 0. The molecule has 1 N–H and O–H groups in total. The van der Waals surface area contributed by atoms with Crippen LogP contribution in [0.25, 0.3) is 0 Å². The van der Waals surface area contributed by atoms with E-state index in [0.29, 0.717) is 19.0 Å². The van der Waals surface area contributed by atoms with Gasteiger partial charge in [0.25, 0.3) is 0 Å². The molecule has 0 radical (unpaired) electrons. The minimum absolute atomic E-state index is 0.181. The van der Waals surface area contributed by atoms with Gasteiger partial charge in [-0.2, -0.15) is 0 Å². The second kappa shape index (κ2) is 8.23. The van der Waals surface area contributed by atoms with E-state index in [1.54, 1.807) is 36.4 Å². The van der Waals surface area contributed by atoms with Gasteiger partial charge in [0.1, 0.15) is 11.5 Å². The van der Waals surface area contributed by atoms with Crippen LogP contribution in [0.15, 0.2) is 72.8 Å². The van der Waals surface area contributed by atoms with Crippen molar-refractivity contribution in [3.8, 4) is 17.2 Å². The van der Waals surface area contributed by atoms with E-state index in [1.165, 1.54) is 6.07 Å². The molecule has 0 saturated heterocycles. The highest BCUT2D eigenvalue weighted by molar-refractivity contribution is 5.35. The van der Waals surface area contributed by atoms with Gasteiger partial charge in [0.15, 0.2) is 11.6 Å². The monoisotopic (exact) mass is 366 g/mol. The molecular weight excluding hydrogens is 343 g/mol. The Morgan fingerprint density at radius 1 is 0.926 bits per heavy atom. The van der Waals surface area contributed by atoms with Crippen molar-refractivity contribution in [2.24, 2.45) is 0 Å². The molecular formula is C23H23FO3. The van der Waals surface area contributed by atoms with Gasteiger partial charge >= 0.3 is 0 Å². The molecule has 3 aromatic rings. The predicted molar refractivity (Wildman–Crippen MR) is 104 cm³/mol. The van der Waals surface area contributed by atoms with Gasteiger partial charge < -0.3 is 14.6 Å². The Balaban J connectivity index is 1.62. The molecule has 0 bridgehead atoms. The molecule has 27 heavy (non-hydrogen) atoms. The van der Waals surface area contributed by atoms with Crippen molar-refractivity contribution in [1.82, 2.24) is 0 Å². The lowest BCUT2D eigenvalue weighted by Crippen LogP contribution is -2.24. The summed E-state index contributed by atoms with van der Waals surface area (Å²) in [6, 6.07) is 21.0. The van der Waals surface area contributed by atoms with Crippen molar-refractivity contribution in [3.05, 3.63) is 89.7 Å². The van der Waals surface area contributed by atoms with E-state index in [9.17, 15) is 9.50 Å². The molecule has 0 unspecified atom stereocenters. The molecule has 0 aliphatic rings. The molecule has 140 valence electrons. The third kappa shape index (κ3) is 5.08. The van der Waals surface area contributed by atoms with Crippen molar-refractivity contribution in [3.63, 3.8) is 0 Å². The number of benzene rings is 3. The van der Waals surface area contributed by atoms with Crippen molar-refractivity contribution in [1.29, 1.82) is 0 Å². The van der Waals surface area contributed by atoms with Crippen LogP contribution in [-0.4, -0.2) is 11.7 Å². The zero-order valence-electron chi connectivity index (χ0n) is 15.5. The number of halogens is 1. The maximum atomic E-state index is 14.0. The highest BCUT2D eigenvalue weighted by atomic mass is 19.1. The summed E-state index contributed by atoms with van der Waals surface area (Å²) < 4.78 is 25.5. The zero-order chi connectivity index (χ0) is 19.3. The number of aromatic hydroxyl groups is 1. The van der Waals surface area contributed by atoms with Crippen LogP contribution in [0.3, 0.4) is 0 Å². The van der Waals surface area contributed by atoms with Crippen molar-refractivity contribution >= 4 is 0 Å². The SMILES string of the molecule is CC(C)(COCc1ccc(F)c(Oc2ccccc2)c1)c1ccc(O)cc1. The third-order valence-corrected chi connectivity index (χ3v) is 4.35. The molecule has 0 amide bonds. The fourth-order valence-electron chi connectivity index (χ4n) is 2.75. The van der Waals surface area contributed by atoms with Crippen LogP contribution in [0.2, 0.25) is 0 Å². The lowest BCUT2D eigenvalue weighted by molar-refractivity contribution is 0.0823. The van der Waals surface area contributed by atoms with Crippen LogP contribution in [0.1, 0.15) is 25.0 Å². The Hall–Kier alpha value is -2.85. The summed E-state index contributed by atoms with van der Waals surface area (Å²) in [5.41, 5.74) is 1.70. The largest absolute Gasteiger partial charge is 0.508 e. The minimum atomic E-state index is -0.410. The first-order valence-electron chi connectivity index (χ1n) is 8.83. The van der Waals surface area contributed by atoms with E-state index in [1.807, 2.05) is 30.3 Å². The van der Waals surface area contributed by atoms with E-state index in [0.717, 1.165) is 11.1 Å². The number of hydrogen-bond donors (Lipinski definition) is 1. The topological polar surface area (TPSA) is 38.7 Å². The van der Waals surface area contributed by atoms with Crippen LogP contribution in [0.5, 0.6) is 17.2 Å². The number of ether oxygens (including phenoxy) is 2. The van der Waals surface area contributed by atoms with Gasteiger partial charge in [-0.1, -0.05) is 50.2 Å². The van der Waals surface area contributed by atoms with Gasteiger partial charge in [0.05, 0.1) is 13.2 Å². The summed E-state index contributed by atoms with van der Waals surface area (Å²) >= 11 is 0. The highest BCUT2D eigenvalue weighted by Crippen LogP contribution is 2.28. The van der Waals surface area contributed by atoms with Crippen LogP contribution >= 0.6 is 0 Å². The van der Waals surface area contributed by atoms with Crippen molar-refractivity contribution in [2.45, 2.75) is 25.9 Å². The van der Waals surface area contributed by atoms with Gasteiger partial charge in [-0.15, -0.1) is 0 Å². The Bertz CT molecular complexity index is 874. The first-order chi connectivity index (χ1) is 12.9. The van der Waals surface area contributed by atoms with Gasteiger partial charge in [-0.3, -0.25) is 0 Å². The van der Waals surface area contributed by atoms with Crippen LogP contribution in [0.4, 0.5) is 4.39 Å². The highest BCUT2D eigenvalue weighted by Gasteiger charge is 2.21. The first-order valence-corrected chi connectivity index (χ1v) is 8.83. The molecule has 4 heteroatoms. The summed E-state index contributed by atoms with van der Waals surface area (Å²) in [5.74, 6) is 0.600. The standard InChI is InChI=1S/C23H23FO3/c1-23(2,18-9-11-19(25)12-10-18)16-26-15-17-8-13-21(24)22(14-17)27-20-6-4-3-5-7-20/h3-14,25H,15-16H2,1-2H3. The number of phenols is 1. The summed E-state index contributed by atoms with van der Waals surface area (Å²) in [6.45, 7) is 5.00. The van der Waals surface area contributed by atoms with Crippen molar-refractivity contribution < 1.29 is 19.0 Å². The Morgan fingerprint density at radius 2 is 1.63 bits per heavy atom. The van der Waals surface area contributed by atoms with Crippen molar-refractivity contribution in [2.75, 3.05) is 6.61 Å². The maximum Gasteiger partial charge on any atom is 0.165 e. The Kier molecular flexibility index (Phi) is 5.77. The van der Waals surface area contributed by atoms with Crippen LogP contribution in [0, 0.1) is 5.82 Å². The molecule has 0 aromatic heterocycles. The van der Waals surface area contributed by atoms with Gasteiger partial charge in [-0.05, 0) is 47.5 Å².